The average Bonchev–Trinajstić information content (AvgIpc) is 2.37. The normalized spacial score (nSPS) is 11.1. The third kappa shape index (κ3) is 3.26. The Bertz CT molecular complexity index is 911. The van der Waals surface area contributed by atoms with E-state index in [-0.39, 0.29) is 11.5 Å². The van der Waals surface area contributed by atoms with Gasteiger partial charge in [0.05, 0.1) is 0 Å². The first kappa shape index (κ1) is 14.7. The number of rotatable bonds is 4. The molecule has 0 atom stereocenters. The van der Waals surface area contributed by atoms with Gasteiger partial charge in [-0.3, -0.25) is 19.3 Å². The third-order valence-corrected chi connectivity index (χ3v) is 3.98. The summed E-state index contributed by atoms with van der Waals surface area (Å²) in [7, 11) is -4.18. The molecule has 0 fully saturated rings. The van der Waals surface area contributed by atoms with E-state index in [1.165, 1.54) is 31.2 Å². The molecule has 1 heterocycles. The van der Waals surface area contributed by atoms with Gasteiger partial charge in [0.25, 0.3) is 15.6 Å². The average molecular weight is 309 g/mol. The number of aromatic amines is 2. The highest BCUT2D eigenvalue weighted by Crippen LogP contribution is 2.15. The highest BCUT2D eigenvalue weighted by atomic mass is 32.2. The predicted octanol–water partition coefficient (Wildman–Crippen LogP) is 0.0666. The van der Waals surface area contributed by atoms with Gasteiger partial charge in [-0.25, -0.2) is 13.2 Å². The van der Waals surface area contributed by atoms with E-state index in [0.29, 0.717) is 5.56 Å². The first-order chi connectivity index (χ1) is 9.79. The highest BCUT2D eigenvalue weighted by Gasteiger charge is 2.19. The second-order valence-electron chi connectivity index (χ2n) is 4.18. The van der Waals surface area contributed by atoms with Gasteiger partial charge < -0.3 is 4.98 Å². The molecule has 8 nitrogen and oxygen atoms in total. The summed E-state index contributed by atoms with van der Waals surface area (Å²) < 4.78 is 26.3. The number of Topliss-reactive ketones (excluding diaryl/α,β-unsaturated/α-hetero) is 1. The van der Waals surface area contributed by atoms with Crippen LogP contribution in [0, 0.1) is 0 Å². The summed E-state index contributed by atoms with van der Waals surface area (Å²) in [6.07, 6.45) is 0.804. The fourth-order valence-electron chi connectivity index (χ4n) is 1.61. The lowest BCUT2D eigenvalue weighted by atomic mass is 10.1. The van der Waals surface area contributed by atoms with Crippen LogP contribution >= 0.6 is 0 Å². The number of hydrogen-bond donors (Lipinski definition) is 3. The fraction of sp³-hybridized carbons (Fsp3) is 0.0833. The van der Waals surface area contributed by atoms with Crippen LogP contribution in [0.4, 0.5) is 5.69 Å². The van der Waals surface area contributed by atoms with Gasteiger partial charge in [0.2, 0.25) is 0 Å². The molecule has 0 aliphatic carbocycles. The van der Waals surface area contributed by atoms with Crippen LogP contribution in [-0.4, -0.2) is 24.2 Å². The number of anilines is 1. The van der Waals surface area contributed by atoms with Crippen LogP contribution in [-0.2, 0) is 10.0 Å². The Hall–Kier alpha value is -2.68. The molecular weight excluding hydrogens is 298 g/mol. The number of benzene rings is 1. The van der Waals surface area contributed by atoms with Crippen LogP contribution in [0.25, 0.3) is 0 Å². The molecule has 110 valence electrons. The number of hydrogen-bond acceptors (Lipinski definition) is 5. The molecule has 0 aliphatic heterocycles. The second kappa shape index (κ2) is 5.37. The molecule has 0 radical (unpaired) electrons. The molecule has 0 amide bonds. The van der Waals surface area contributed by atoms with Crippen molar-refractivity contribution in [2.24, 2.45) is 0 Å². The van der Waals surface area contributed by atoms with Crippen LogP contribution in [0.15, 0.2) is 44.9 Å². The topological polar surface area (TPSA) is 129 Å². The monoisotopic (exact) mass is 309 g/mol. The number of carbonyl (C=O) groups is 1. The molecule has 1 aromatic carbocycles. The zero-order valence-electron chi connectivity index (χ0n) is 10.8. The maximum atomic E-state index is 12.1. The molecule has 1 aromatic heterocycles. The van der Waals surface area contributed by atoms with Crippen LogP contribution in [0.2, 0.25) is 0 Å². The summed E-state index contributed by atoms with van der Waals surface area (Å²) in [4.78, 5) is 36.9. The van der Waals surface area contributed by atoms with Crippen molar-refractivity contribution in [3.63, 3.8) is 0 Å². The summed E-state index contributed by atoms with van der Waals surface area (Å²) in [5.41, 5.74) is -1.38. The van der Waals surface area contributed by atoms with E-state index in [4.69, 9.17) is 0 Å². The first-order valence-corrected chi connectivity index (χ1v) is 7.24. The third-order valence-electron chi connectivity index (χ3n) is 2.60. The van der Waals surface area contributed by atoms with E-state index in [9.17, 15) is 22.8 Å². The molecule has 21 heavy (non-hydrogen) atoms. The smallest absolute Gasteiger partial charge is 0.313 e. The molecule has 2 rings (SSSR count). The van der Waals surface area contributed by atoms with Crippen molar-refractivity contribution in [3.05, 3.63) is 56.9 Å². The van der Waals surface area contributed by atoms with Gasteiger partial charge in [-0.1, -0.05) is 12.1 Å². The molecule has 2 aromatic rings. The van der Waals surface area contributed by atoms with E-state index in [1.807, 2.05) is 4.98 Å². The lowest BCUT2D eigenvalue weighted by Gasteiger charge is -2.07. The standard InChI is InChI=1S/C12H11N3O5S/c1-7(16)8-3-2-4-9(5-8)15-21(19,20)10-6-13-12(18)14-11(10)17/h2-6,15H,1H3,(H2,13,14,17,18). The minimum atomic E-state index is -4.18. The molecule has 0 spiro atoms. The summed E-state index contributed by atoms with van der Waals surface area (Å²) in [6.45, 7) is 1.35. The van der Waals surface area contributed by atoms with E-state index >= 15 is 0 Å². The minimum absolute atomic E-state index is 0.133. The number of sulfonamides is 1. The molecule has 0 bridgehead atoms. The number of ketones is 1. The molecular formula is C12H11N3O5S. The van der Waals surface area contributed by atoms with Gasteiger partial charge in [-0.15, -0.1) is 0 Å². The predicted molar refractivity (Wildman–Crippen MR) is 74.9 cm³/mol. The molecule has 0 unspecified atom stereocenters. The quantitative estimate of drug-likeness (QED) is 0.688. The van der Waals surface area contributed by atoms with Gasteiger partial charge in [-0.2, -0.15) is 0 Å². The Morgan fingerprint density at radius 2 is 1.95 bits per heavy atom. The summed E-state index contributed by atoms with van der Waals surface area (Å²) >= 11 is 0. The van der Waals surface area contributed by atoms with Crippen LogP contribution in [0.1, 0.15) is 17.3 Å². The van der Waals surface area contributed by atoms with Crippen molar-refractivity contribution in [1.29, 1.82) is 0 Å². The van der Waals surface area contributed by atoms with E-state index in [1.54, 1.807) is 0 Å². The maximum absolute atomic E-state index is 12.1. The molecule has 3 N–H and O–H groups in total. The van der Waals surface area contributed by atoms with Crippen molar-refractivity contribution >= 4 is 21.5 Å². The van der Waals surface area contributed by atoms with E-state index in [0.717, 1.165) is 6.20 Å². The van der Waals surface area contributed by atoms with Crippen molar-refractivity contribution in [2.45, 2.75) is 11.8 Å². The minimum Gasteiger partial charge on any atom is -0.313 e. The summed E-state index contributed by atoms with van der Waals surface area (Å²) in [5.74, 6) is -0.224. The Labute approximate surface area is 118 Å². The number of aromatic nitrogens is 2. The lowest BCUT2D eigenvalue weighted by molar-refractivity contribution is 0.101. The Balaban J connectivity index is 2.42. The fourth-order valence-corrected chi connectivity index (χ4v) is 2.67. The van der Waals surface area contributed by atoms with Gasteiger partial charge in [0.1, 0.15) is 0 Å². The van der Waals surface area contributed by atoms with Crippen molar-refractivity contribution < 1.29 is 13.2 Å². The van der Waals surface area contributed by atoms with Crippen LogP contribution < -0.4 is 16.0 Å². The SMILES string of the molecule is CC(=O)c1cccc(NS(=O)(=O)c2c[nH]c(=O)[nH]c2=O)c1. The van der Waals surface area contributed by atoms with Gasteiger partial charge in [0.15, 0.2) is 10.7 Å². The molecule has 0 saturated heterocycles. The number of nitrogens with one attached hydrogen (secondary N) is 3. The zero-order valence-corrected chi connectivity index (χ0v) is 11.7. The van der Waals surface area contributed by atoms with Gasteiger partial charge in [0, 0.05) is 17.4 Å². The van der Waals surface area contributed by atoms with Crippen LogP contribution in [0.3, 0.4) is 0 Å². The van der Waals surface area contributed by atoms with Crippen molar-refractivity contribution in [3.8, 4) is 0 Å². The van der Waals surface area contributed by atoms with Crippen molar-refractivity contribution in [2.75, 3.05) is 4.72 Å². The van der Waals surface area contributed by atoms with Gasteiger partial charge in [-0.05, 0) is 19.1 Å². The van der Waals surface area contributed by atoms with E-state index < -0.39 is 26.2 Å². The van der Waals surface area contributed by atoms with Crippen molar-refractivity contribution in [1.82, 2.24) is 9.97 Å². The molecule has 0 saturated carbocycles. The number of H-pyrrole nitrogens is 2. The van der Waals surface area contributed by atoms with E-state index in [2.05, 4.69) is 9.71 Å². The Morgan fingerprint density at radius 3 is 2.57 bits per heavy atom. The lowest BCUT2D eigenvalue weighted by Crippen LogP contribution is -2.29. The Kier molecular flexibility index (Phi) is 3.76. The highest BCUT2D eigenvalue weighted by molar-refractivity contribution is 7.92. The van der Waals surface area contributed by atoms with Gasteiger partial charge >= 0.3 is 5.69 Å². The maximum Gasteiger partial charge on any atom is 0.325 e. The summed E-state index contributed by atoms with van der Waals surface area (Å²) in [5, 5.41) is 0. The zero-order chi connectivity index (χ0) is 15.6. The van der Waals surface area contributed by atoms with Crippen LogP contribution in [0.5, 0.6) is 0 Å². The largest absolute Gasteiger partial charge is 0.325 e. The second-order valence-corrected chi connectivity index (χ2v) is 5.83. The number of carbonyl (C=O) groups excluding carboxylic acids is 1. The summed E-state index contributed by atoms with van der Waals surface area (Å²) in [6, 6.07) is 5.82. The Morgan fingerprint density at radius 1 is 1.24 bits per heavy atom. The first-order valence-electron chi connectivity index (χ1n) is 5.75. The molecule has 9 heteroatoms. The molecule has 0 aliphatic rings.